The third-order valence-electron chi connectivity index (χ3n) is 1.74. The van der Waals surface area contributed by atoms with E-state index in [1.54, 1.807) is 0 Å². The van der Waals surface area contributed by atoms with E-state index in [0.717, 1.165) is 23.9 Å². The summed E-state index contributed by atoms with van der Waals surface area (Å²) >= 11 is 0. The molecular formula is C8H16N4. The Bertz CT molecular complexity index is 252. The fourth-order valence-corrected chi connectivity index (χ4v) is 1.03. The van der Waals surface area contributed by atoms with Crippen LogP contribution in [0.25, 0.3) is 0 Å². The Labute approximate surface area is 73.0 Å². The lowest BCUT2D eigenvalue weighted by Gasteiger charge is -2.05. The minimum atomic E-state index is 0.816. The number of aromatic amines is 1. The standard InChI is InChI=1S/C8H16N4/c1-6-7(5-9-2)11-8(10-6)12(3)4/h9H,5H2,1-4H3,(H,10,11). The molecule has 0 spiro atoms. The van der Waals surface area contributed by atoms with E-state index >= 15 is 0 Å². The van der Waals surface area contributed by atoms with Gasteiger partial charge < -0.3 is 15.2 Å². The van der Waals surface area contributed by atoms with Crippen LogP contribution in [0, 0.1) is 6.92 Å². The van der Waals surface area contributed by atoms with Crippen LogP contribution in [0.1, 0.15) is 11.4 Å². The second-order valence-electron chi connectivity index (χ2n) is 3.06. The van der Waals surface area contributed by atoms with Gasteiger partial charge in [0, 0.05) is 26.3 Å². The second kappa shape index (κ2) is 3.58. The molecule has 1 heterocycles. The number of hydrogen-bond donors (Lipinski definition) is 2. The van der Waals surface area contributed by atoms with E-state index in [-0.39, 0.29) is 0 Å². The predicted molar refractivity (Wildman–Crippen MR) is 50.4 cm³/mol. The van der Waals surface area contributed by atoms with Crippen molar-refractivity contribution in [2.24, 2.45) is 0 Å². The summed E-state index contributed by atoms with van der Waals surface area (Å²) in [7, 11) is 5.87. The van der Waals surface area contributed by atoms with Crippen molar-refractivity contribution < 1.29 is 0 Å². The van der Waals surface area contributed by atoms with Crippen molar-refractivity contribution in [1.82, 2.24) is 15.3 Å². The molecule has 0 aliphatic carbocycles. The molecule has 2 N–H and O–H groups in total. The van der Waals surface area contributed by atoms with Gasteiger partial charge in [0.05, 0.1) is 5.69 Å². The Morgan fingerprint density at radius 2 is 2.17 bits per heavy atom. The molecule has 1 aromatic rings. The molecule has 0 bridgehead atoms. The fourth-order valence-electron chi connectivity index (χ4n) is 1.03. The van der Waals surface area contributed by atoms with E-state index in [4.69, 9.17) is 0 Å². The van der Waals surface area contributed by atoms with Crippen molar-refractivity contribution in [3.63, 3.8) is 0 Å². The van der Waals surface area contributed by atoms with Crippen LogP contribution >= 0.6 is 0 Å². The molecule has 0 amide bonds. The van der Waals surface area contributed by atoms with Crippen LogP contribution in [0.5, 0.6) is 0 Å². The van der Waals surface area contributed by atoms with Crippen molar-refractivity contribution in [2.75, 3.05) is 26.0 Å². The molecule has 4 nitrogen and oxygen atoms in total. The predicted octanol–water partition coefficient (Wildman–Crippen LogP) is 0.504. The topological polar surface area (TPSA) is 44.0 Å². The van der Waals surface area contributed by atoms with E-state index < -0.39 is 0 Å². The van der Waals surface area contributed by atoms with Crippen LogP contribution in [-0.2, 0) is 6.54 Å². The maximum Gasteiger partial charge on any atom is 0.202 e. The molecule has 1 rings (SSSR count). The lowest BCUT2D eigenvalue weighted by molar-refractivity contribution is 0.790. The van der Waals surface area contributed by atoms with Gasteiger partial charge in [0.2, 0.25) is 5.95 Å². The molecule has 0 aromatic carbocycles. The van der Waals surface area contributed by atoms with Crippen molar-refractivity contribution in [3.05, 3.63) is 11.4 Å². The number of aromatic nitrogens is 2. The van der Waals surface area contributed by atoms with Crippen molar-refractivity contribution in [2.45, 2.75) is 13.5 Å². The first-order valence-corrected chi connectivity index (χ1v) is 4.02. The number of H-pyrrole nitrogens is 1. The lowest BCUT2D eigenvalue weighted by atomic mass is 10.3. The number of hydrogen-bond acceptors (Lipinski definition) is 3. The van der Waals surface area contributed by atoms with Crippen LogP contribution in [0.15, 0.2) is 0 Å². The molecule has 1 aromatic heterocycles. The van der Waals surface area contributed by atoms with E-state index in [0.29, 0.717) is 0 Å². The van der Waals surface area contributed by atoms with Crippen LogP contribution in [-0.4, -0.2) is 31.1 Å². The van der Waals surface area contributed by atoms with Crippen molar-refractivity contribution >= 4 is 5.95 Å². The van der Waals surface area contributed by atoms with Crippen LogP contribution < -0.4 is 10.2 Å². The largest absolute Gasteiger partial charge is 0.349 e. The Morgan fingerprint density at radius 3 is 2.58 bits per heavy atom. The Balaban J connectivity index is 2.85. The zero-order chi connectivity index (χ0) is 9.14. The molecule has 68 valence electrons. The molecule has 0 unspecified atom stereocenters. The summed E-state index contributed by atoms with van der Waals surface area (Å²) in [6.45, 7) is 2.85. The first-order valence-electron chi connectivity index (χ1n) is 4.02. The molecule has 4 heteroatoms. The molecule has 0 atom stereocenters. The smallest absolute Gasteiger partial charge is 0.202 e. The normalized spacial score (nSPS) is 10.3. The SMILES string of the molecule is CNCc1nc(N(C)C)[nH]c1C. The third-order valence-corrected chi connectivity index (χ3v) is 1.74. The van der Waals surface area contributed by atoms with E-state index in [1.807, 2.05) is 33.0 Å². The summed E-state index contributed by atoms with van der Waals surface area (Å²) < 4.78 is 0. The maximum absolute atomic E-state index is 4.41. The number of aryl methyl sites for hydroxylation is 1. The van der Waals surface area contributed by atoms with Gasteiger partial charge in [-0.2, -0.15) is 0 Å². The van der Waals surface area contributed by atoms with E-state index in [1.165, 1.54) is 0 Å². The van der Waals surface area contributed by atoms with E-state index in [9.17, 15) is 0 Å². The minimum Gasteiger partial charge on any atom is -0.349 e. The van der Waals surface area contributed by atoms with Crippen LogP contribution in [0.3, 0.4) is 0 Å². The monoisotopic (exact) mass is 168 g/mol. The quantitative estimate of drug-likeness (QED) is 0.691. The summed E-state index contributed by atoms with van der Waals surface area (Å²) in [6.07, 6.45) is 0. The second-order valence-corrected chi connectivity index (χ2v) is 3.06. The first kappa shape index (κ1) is 9.06. The highest BCUT2D eigenvalue weighted by atomic mass is 15.2. The summed E-state index contributed by atoms with van der Waals surface area (Å²) in [6, 6.07) is 0. The van der Waals surface area contributed by atoms with Gasteiger partial charge >= 0.3 is 0 Å². The highest BCUT2D eigenvalue weighted by Gasteiger charge is 2.05. The molecule has 0 fully saturated rings. The summed E-state index contributed by atoms with van der Waals surface area (Å²) in [5.74, 6) is 0.915. The summed E-state index contributed by atoms with van der Waals surface area (Å²) in [5, 5.41) is 3.08. The average molecular weight is 168 g/mol. The Morgan fingerprint density at radius 1 is 1.50 bits per heavy atom. The average Bonchev–Trinajstić information content (AvgIpc) is 2.34. The number of imidazole rings is 1. The molecule has 0 saturated carbocycles. The van der Waals surface area contributed by atoms with Gasteiger partial charge in [-0.05, 0) is 14.0 Å². The Hall–Kier alpha value is -1.03. The summed E-state index contributed by atoms with van der Waals surface area (Å²) in [5.41, 5.74) is 2.22. The Kier molecular flexibility index (Phi) is 2.70. The fraction of sp³-hybridized carbons (Fsp3) is 0.625. The third kappa shape index (κ3) is 1.76. The first-order chi connectivity index (χ1) is 5.65. The van der Waals surface area contributed by atoms with Crippen LogP contribution in [0.4, 0.5) is 5.95 Å². The number of nitrogens with one attached hydrogen (secondary N) is 2. The molecule has 0 radical (unpaired) electrons. The summed E-state index contributed by atoms with van der Waals surface area (Å²) in [4.78, 5) is 9.58. The zero-order valence-electron chi connectivity index (χ0n) is 8.10. The van der Waals surface area contributed by atoms with Crippen molar-refractivity contribution in [1.29, 1.82) is 0 Å². The van der Waals surface area contributed by atoms with Gasteiger partial charge in [-0.1, -0.05) is 0 Å². The molecule has 0 aliphatic rings. The highest BCUT2D eigenvalue weighted by molar-refractivity contribution is 5.32. The highest BCUT2D eigenvalue weighted by Crippen LogP contribution is 2.10. The van der Waals surface area contributed by atoms with Gasteiger partial charge in [-0.15, -0.1) is 0 Å². The lowest BCUT2D eigenvalue weighted by Crippen LogP contribution is -2.11. The molecule has 12 heavy (non-hydrogen) atoms. The number of anilines is 1. The minimum absolute atomic E-state index is 0.816. The van der Waals surface area contributed by atoms with Gasteiger partial charge in [-0.25, -0.2) is 4.98 Å². The van der Waals surface area contributed by atoms with E-state index in [2.05, 4.69) is 15.3 Å². The molecular weight excluding hydrogens is 152 g/mol. The van der Waals surface area contributed by atoms with Gasteiger partial charge in [0.15, 0.2) is 0 Å². The van der Waals surface area contributed by atoms with Gasteiger partial charge in [0.25, 0.3) is 0 Å². The number of nitrogens with zero attached hydrogens (tertiary/aromatic N) is 2. The van der Waals surface area contributed by atoms with Gasteiger partial charge in [0.1, 0.15) is 0 Å². The number of rotatable bonds is 3. The zero-order valence-corrected chi connectivity index (χ0v) is 8.10. The molecule has 0 aliphatic heterocycles. The van der Waals surface area contributed by atoms with Crippen molar-refractivity contribution in [3.8, 4) is 0 Å². The molecule has 0 saturated heterocycles. The van der Waals surface area contributed by atoms with Gasteiger partial charge in [-0.3, -0.25) is 0 Å². The van der Waals surface area contributed by atoms with Crippen LogP contribution in [0.2, 0.25) is 0 Å². The maximum atomic E-state index is 4.41.